The normalized spacial score (nSPS) is 26.3. The Hall–Kier alpha value is -2.15. The van der Waals surface area contributed by atoms with Crippen molar-refractivity contribution in [3.8, 4) is 5.75 Å². The van der Waals surface area contributed by atoms with Gasteiger partial charge >= 0.3 is 5.97 Å². The molecule has 160 valence electrons. The molecule has 2 fully saturated rings. The fourth-order valence-corrected chi connectivity index (χ4v) is 4.72. The topological polar surface area (TPSA) is 59.0 Å². The van der Waals surface area contributed by atoms with E-state index >= 15 is 0 Å². The first-order valence-electron chi connectivity index (χ1n) is 10.1. The van der Waals surface area contributed by atoms with Crippen molar-refractivity contribution in [3.63, 3.8) is 0 Å². The van der Waals surface area contributed by atoms with E-state index in [1.54, 1.807) is 30.3 Å². The first kappa shape index (κ1) is 21.1. The summed E-state index contributed by atoms with van der Waals surface area (Å²) < 4.78 is 24.5. The van der Waals surface area contributed by atoms with Crippen molar-refractivity contribution in [2.75, 3.05) is 20.2 Å². The van der Waals surface area contributed by atoms with Crippen LogP contribution in [0.3, 0.4) is 0 Å². The third-order valence-electron chi connectivity index (χ3n) is 6.11. The van der Waals surface area contributed by atoms with Crippen LogP contribution in [0.1, 0.15) is 28.8 Å². The van der Waals surface area contributed by atoms with E-state index in [-0.39, 0.29) is 11.1 Å². The molecular formula is C23H25ClFNO4. The summed E-state index contributed by atoms with van der Waals surface area (Å²) in [6, 6.07) is 11.7. The second kappa shape index (κ2) is 8.92. The number of likely N-dealkylation sites (tertiary alicyclic amines) is 1. The molecule has 0 unspecified atom stereocenters. The van der Waals surface area contributed by atoms with Gasteiger partial charge in [0.2, 0.25) is 0 Å². The fourth-order valence-electron chi connectivity index (χ4n) is 4.60. The van der Waals surface area contributed by atoms with Crippen molar-refractivity contribution in [2.24, 2.45) is 11.8 Å². The maximum atomic E-state index is 13.7. The molecule has 2 aliphatic rings. The lowest BCUT2D eigenvalue weighted by Gasteiger charge is -2.35. The van der Waals surface area contributed by atoms with Gasteiger partial charge in [0.15, 0.2) is 0 Å². The van der Waals surface area contributed by atoms with Crippen LogP contribution in [0.2, 0.25) is 5.02 Å². The van der Waals surface area contributed by atoms with E-state index in [2.05, 4.69) is 4.90 Å². The molecule has 1 heterocycles. The highest BCUT2D eigenvalue weighted by Gasteiger charge is 2.42. The number of rotatable bonds is 5. The lowest BCUT2D eigenvalue weighted by atomic mass is 9.78. The highest BCUT2D eigenvalue weighted by atomic mass is 35.5. The quantitative estimate of drug-likeness (QED) is 0.724. The predicted molar refractivity (Wildman–Crippen MR) is 111 cm³/mol. The molecule has 0 bridgehead atoms. The number of hydrogen-bond acceptors (Lipinski definition) is 5. The molecule has 4 atom stereocenters. The Bertz CT molecular complexity index is 907. The number of hydrogen-bond donors (Lipinski definition) is 1. The smallest absolute Gasteiger partial charge is 0.337 e. The summed E-state index contributed by atoms with van der Waals surface area (Å²) in [5, 5.41) is 10.8. The lowest BCUT2D eigenvalue weighted by molar-refractivity contribution is -0.0231. The number of aliphatic hydroxyl groups excluding tert-OH is 1. The van der Waals surface area contributed by atoms with Crippen LogP contribution < -0.4 is 4.74 Å². The third-order valence-corrected chi connectivity index (χ3v) is 6.42. The zero-order valence-electron chi connectivity index (χ0n) is 16.8. The molecule has 0 spiro atoms. The van der Waals surface area contributed by atoms with Gasteiger partial charge in [-0.05, 0) is 66.6 Å². The Morgan fingerprint density at radius 1 is 1.17 bits per heavy atom. The van der Waals surface area contributed by atoms with Gasteiger partial charge in [-0.3, -0.25) is 4.90 Å². The number of halogens is 2. The average Bonchev–Trinajstić information content (AvgIpc) is 3.11. The Morgan fingerprint density at radius 2 is 1.87 bits per heavy atom. The maximum Gasteiger partial charge on any atom is 0.337 e. The Morgan fingerprint density at radius 3 is 2.53 bits per heavy atom. The molecule has 1 aliphatic heterocycles. The second-order valence-electron chi connectivity index (χ2n) is 8.17. The summed E-state index contributed by atoms with van der Waals surface area (Å²) in [5.41, 5.74) is 1.36. The van der Waals surface area contributed by atoms with Crippen molar-refractivity contribution >= 4 is 17.6 Å². The highest BCUT2D eigenvalue weighted by Crippen LogP contribution is 2.38. The largest absolute Gasteiger partial charge is 0.488 e. The van der Waals surface area contributed by atoms with Gasteiger partial charge in [-0.25, -0.2) is 9.18 Å². The summed E-state index contributed by atoms with van der Waals surface area (Å²) in [4.78, 5) is 13.9. The van der Waals surface area contributed by atoms with E-state index in [0.717, 1.165) is 25.1 Å². The molecule has 0 radical (unpaired) electrons. The van der Waals surface area contributed by atoms with E-state index < -0.39 is 17.9 Å². The average molecular weight is 434 g/mol. The van der Waals surface area contributed by atoms with Gasteiger partial charge in [0.05, 0.1) is 23.8 Å². The number of aliphatic hydroxyl groups is 1. The molecule has 2 aromatic rings. The minimum atomic E-state index is -0.542. The van der Waals surface area contributed by atoms with Crippen molar-refractivity contribution < 1.29 is 23.8 Å². The minimum Gasteiger partial charge on any atom is -0.488 e. The van der Waals surface area contributed by atoms with Crippen molar-refractivity contribution in [3.05, 3.63) is 64.4 Å². The Labute approximate surface area is 180 Å². The van der Waals surface area contributed by atoms with Crippen LogP contribution in [0.25, 0.3) is 0 Å². The summed E-state index contributed by atoms with van der Waals surface area (Å²) >= 11 is 5.77. The van der Waals surface area contributed by atoms with Crippen LogP contribution in [0.4, 0.5) is 4.39 Å². The number of esters is 1. The standard InChI is InChI=1S/C23H25ClFNO4/c1-29-23(28)15-3-5-18(6-4-15)30-22-10-17-13-26(12-16(17)9-21(22)27)11-14-2-7-19(24)20(25)8-14/h2-8,16-17,21-22,27H,9-13H2,1H3/t16-,17+,21-,22-/m0/s1. The third kappa shape index (κ3) is 4.61. The number of benzene rings is 2. The van der Waals surface area contributed by atoms with Gasteiger partial charge in [0, 0.05) is 19.6 Å². The van der Waals surface area contributed by atoms with Crippen LogP contribution in [0.15, 0.2) is 42.5 Å². The van der Waals surface area contributed by atoms with Crippen LogP contribution in [-0.2, 0) is 11.3 Å². The SMILES string of the molecule is COC(=O)c1ccc(O[C@H]2C[C@@H]3CN(Cc4ccc(Cl)c(F)c4)C[C@@H]3C[C@@H]2O)cc1. The summed E-state index contributed by atoms with van der Waals surface area (Å²) in [5.74, 6) is 0.654. The number of methoxy groups -OCH3 is 1. The zero-order chi connectivity index (χ0) is 21.3. The van der Waals surface area contributed by atoms with Crippen LogP contribution in [0.5, 0.6) is 5.75 Å². The first-order valence-corrected chi connectivity index (χ1v) is 10.5. The number of nitrogens with zero attached hydrogens (tertiary/aromatic N) is 1. The molecule has 0 aromatic heterocycles. The molecule has 2 aromatic carbocycles. The lowest BCUT2D eigenvalue weighted by Crippen LogP contribution is -2.42. The molecule has 4 rings (SSSR count). The maximum absolute atomic E-state index is 13.7. The Balaban J connectivity index is 1.36. The van der Waals surface area contributed by atoms with E-state index in [1.807, 2.05) is 6.07 Å². The minimum absolute atomic E-state index is 0.136. The summed E-state index contributed by atoms with van der Waals surface area (Å²) in [6.07, 6.45) is 0.611. The molecule has 1 aliphatic carbocycles. The highest BCUT2D eigenvalue weighted by molar-refractivity contribution is 6.30. The van der Waals surface area contributed by atoms with E-state index in [9.17, 15) is 14.3 Å². The molecule has 7 heteroatoms. The summed E-state index contributed by atoms with van der Waals surface area (Å²) in [6.45, 7) is 2.44. The number of fused-ring (bicyclic) bond motifs is 1. The van der Waals surface area contributed by atoms with Gasteiger partial charge in [0.25, 0.3) is 0 Å². The molecule has 30 heavy (non-hydrogen) atoms. The van der Waals surface area contributed by atoms with E-state index in [4.69, 9.17) is 21.1 Å². The number of carbonyl (C=O) groups is 1. The number of carbonyl (C=O) groups excluding carboxylic acids is 1. The van der Waals surface area contributed by atoms with Gasteiger partial charge in [0.1, 0.15) is 17.7 Å². The van der Waals surface area contributed by atoms with Crippen LogP contribution in [-0.4, -0.2) is 48.4 Å². The van der Waals surface area contributed by atoms with Crippen molar-refractivity contribution in [2.45, 2.75) is 31.6 Å². The molecule has 5 nitrogen and oxygen atoms in total. The molecule has 1 saturated carbocycles. The fraction of sp³-hybridized carbons (Fsp3) is 0.435. The van der Waals surface area contributed by atoms with Gasteiger partial charge in [-0.15, -0.1) is 0 Å². The number of ether oxygens (including phenoxy) is 2. The molecular weight excluding hydrogens is 409 g/mol. The molecule has 1 saturated heterocycles. The first-order chi connectivity index (χ1) is 14.4. The van der Waals surface area contributed by atoms with Gasteiger partial charge < -0.3 is 14.6 Å². The van der Waals surface area contributed by atoms with Crippen LogP contribution >= 0.6 is 11.6 Å². The second-order valence-corrected chi connectivity index (χ2v) is 8.58. The van der Waals surface area contributed by atoms with Crippen molar-refractivity contribution in [1.82, 2.24) is 4.90 Å². The van der Waals surface area contributed by atoms with Gasteiger partial charge in [-0.2, -0.15) is 0 Å². The molecule has 0 amide bonds. The van der Waals surface area contributed by atoms with E-state index in [1.165, 1.54) is 13.2 Å². The Kier molecular flexibility index (Phi) is 6.27. The monoisotopic (exact) mass is 433 g/mol. The van der Waals surface area contributed by atoms with E-state index in [0.29, 0.717) is 36.1 Å². The van der Waals surface area contributed by atoms with Crippen LogP contribution in [0, 0.1) is 17.7 Å². The predicted octanol–water partition coefficient (Wildman–Crippen LogP) is 3.92. The van der Waals surface area contributed by atoms with Gasteiger partial charge in [-0.1, -0.05) is 17.7 Å². The zero-order valence-corrected chi connectivity index (χ0v) is 17.5. The van der Waals surface area contributed by atoms with Crippen molar-refractivity contribution in [1.29, 1.82) is 0 Å². The summed E-state index contributed by atoms with van der Waals surface area (Å²) in [7, 11) is 1.34. The molecule has 1 N–H and O–H groups in total.